The Morgan fingerprint density at radius 3 is 2.35 bits per heavy atom. The quantitative estimate of drug-likeness (QED) is 0.852. The third-order valence-electron chi connectivity index (χ3n) is 2.95. The SMILES string of the molecule is Nc1cnc(C(=O)N2CCN(CC(F)(F)F)CC2)cn1. The standard InChI is InChI=1S/C11H14F3N5O/c12-11(13,14)7-18-1-3-19(4-2-18)10(20)8-5-17-9(15)6-16-8/h5-6H,1-4,7H2,(H2,15,17). The van der Waals surface area contributed by atoms with Crippen LogP contribution in [-0.4, -0.2) is 64.6 Å². The smallest absolute Gasteiger partial charge is 0.382 e. The minimum absolute atomic E-state index is 0.142. The first-order valence-corrected chi connectivity index (χ1v) is 6.01. The van der Waals surface area contributed by atoms with Crippen LogP contribution >= 0.6 is 0 Å². The van der Waals surface area contributed by atoms with Crippen molar-refractivity contribution in [3.8, 4) is 0 Å². The lowest BCUT2D eigenvalue weighted by Crippen LogP contribution is -2.51. The molecule has 0 bridgehead atoms. The van der Waals surface area contributed by atoms with Gasteiger partial charge in [0.15, 0.2) is 0 Å². The topological polar surface area (TPSA) is 75.3 Å². The number of hydrogen-bond donors (Lipinski definition) is 1. The van der Waals surface area contributed by atoms with Gasteiger partial charge in [-0.1, -0.05) is 0 Å². The van der Waals surface area contributed by atoms with Crippen molar-refractivity contribution in [1.29, 1.82) is 0 Å². The van der Waals surface area contributed by atoms with Crippen molar-refractivity contribution in [1.82, 2.24) is 19.8 Å². The Labute approximate surface area is 113 Å². The highest BCUT2D eigenvalue weighted by molar-refractivity contribution is 5.92. The molecule has 0 aromatic carbocycles. The zero-order valence-electron chi connectivity index (χ0n) is 10.6. The molecule has 1 fully saturated rings. The van der Waals surface area contributed by atoms with E-state index in [0.29, 0.717) is 0 Å². The lowest BCUT2D eigenvalue weighted by atomic mass is 10.2. The van der Waals surface area contributed by atoms with E-state index in [9.17, 15) is 18.0 Å². The number of amides is 1. The normalized spacial score (nSPS) is 17.2. The maximum atomic E-state index is 12.2. The molecule has 9 heteroatoms. The van der Waals surface area contributed by atoms with E-state index < -0.39 is 12.7 Å². The first-order chi connectivity index (χ1) is 9.35. The van der Waals surface area contributed by atoms with Gasteiger partial charge < -0.3 is 10.6 Å². The summed E-state index contributed by atoms with van der Waals surface area (Å²) in [6.45, 7) is -0.0973. The van der Waals surface area contributed by atoms with Crippen molar-refractivity contribution in [2.24, 2.45) is 0 Å². The molecule has 1 aliphatic heterocycles. The summed E-state index contributed by atoms with van der Waals surface area (Å²) in [7, 11) is 0. The number of anilines is 1. The number of alkyl halides is 3. The summed E-state index contributed by atoms with van der Waals surface area (Å²) in [6, 6.07) is 0. The van der Waals surface area contributed by atoms with Crippen molar-refractivity contribution in [3.05, 3.63) is 18.1 Å². The van der Waals surface area contributed by atoms with Gasteiger partial charge >= 0.3 is 6.18 Å². The zero-order valence-corrected chi connectivity index (χ0v) is 10.6. The predicted octanol–water partition coefficient (Wildman–Crippen LogP) is 0.379. The first kappa shape index (κ1) is 14.5. The molecular formula is C11H14F3N5O. The summed E-state index contributed by atoms with van der Waals surface area (Å²) in [4.78, 5) is 22.4. The summed E-state index contributed by atoms with van der Waals surface area (Å²) < 4.78 is 36.7. The number of aromatic nitrogens is 2. The Balaban J connectivity index is 1.90. The lowest BCUT2D eigenvalue weighted by Gasteiger charge is -2.34. The van der Waals surface area contributed by atoms with Crippen LogP contribution in [0.2, 0.25) is 0 Å². The molecule has 6 nitrogen and oxygen atoms in total. The molecule has 1 amide bonds. The van der Waals surface area contributed by atoms with Crippen LogP contribution in [-0.2, 0) is 0 Å². The maximum absolute atomic E-state index is 12.2. The number of rotatable bonds is 2. The van der Waals surface area contributed by atoms with Crippen molar-refractivity contribution in [3.63, 3.8) is 0 Å². The molecule has 0 unspecified atom stereocenters. The Hall–Kier alpha value is -1.90. The third kappa shape index (κ3) is 3.80. The van der Waals surface area contributed by atoms with Crippen LogP contribution in [0.5, 0.6) is 0 Å². The molecule has 1 aliphatic rings. The molecule has 0 saturated carbocycles. The van der Waals surface area contributed by atoms with Gasteiger partial charge in [0, 0.05) is 26.2 Å². The number of hydrogen-bond acceptors (Lipinski definition) is 5. The van der Waals surface area contributed by atoms with E-state index >= 15 is 0 Å². The van der Waals surface area contributed by atoms with Gasteiger partial charge in [-0.2, -0.15) is 13.2 Å². The van der Waals surface area contributed by atoms with Gasteiger partial charge in [-0.15, -0.1) is 0 Å². The third-order valence-corrected chi connectivity index (χ3v) is 2.95. The molecule has 20 heavy (non-hydrogen) atoms. The van der Waals surface area contributed by atoms with Gasteiger partial charge in [-0.3, -0.25) is 9.69 Å². The van der Waals surface area contributed by atoms with Crippen LogP contribution in [0.15, 0.2) is 12.4 Å². The number of halogens is 3. The number of piperazine rings is 1. The van der Waals surface area contributed by atoms with Crippen LogP contribution in [0.1, 0.15) is 10.5 Å². The highest BCUT2D eigenvalue weighted by Crippen LogP contribution is 2.17. The minimum atomic E-state index is -4.21. The second-order valence-electron chi connectivity index (χ2n) is 4.51. The molecule has 110 valence electrons. The molecule has 0 aliphatic carbocycles. The van der Waals surface area contributed by atoms with Crippen molar-refractivity contribution < 1.29 is 18.0 Å². The highest BCUT2D eigenvalue weighted by Gasteiger charge is 2.33. The number of nitrogens with zero attached hydrogens (tertiary/aromatic N) is 4. The molecule has 1 aromatic rings. The summed E-state index contributed by atoms with van der Waals surface area (Å²) >= 11 is 0. The largest absolute Gasteiger partial charge is 0.401 e. The fraction of sp³-hybridized carbons (Fsp3) is 0.545. The monoisotopic (exact) mass is 289 g/mol. The second kappa shape index (κ2) is 5.61. The maximum Gasteiger partial charge on any atom is 0.401 e. The molecule has 0 atom stereocenters. The average Bonchev–Trinajstić information content (AvgIpc) is 2.38. The molecule has 1 aromatic heterocycles. The van der Waals surface area contributed by atoms with Crippen LogP contribution in [0.3, 0.4) is 0 Å². The van der Waals surface area contributed by atoms with E-state index in [2.05, 4.69) is 9.97 Å². The molecule has 2 heterocycles. The Morgan fingerprint density at radius 2 is 1.85 bits per heavy atom. The molecular weight excluding hydrogens is 275 g/mol. The average molecular weight is 289 g/mol. The zero-order chi connectivity index (χ0) is 14.8. The Morgan fingerprint density at radius 1 is 1.20 bits per heavy atom. The van der Waals surface area contributed by atoms with Crippen molar-refractivity contribution in [2.45, 2.75) is 6.18 Å². The van der Waals surface area contributed by atoms with E-state index in [0.717, 1.165) is 0 Å². The minimum Gasteiger partial charge on any atom is -0.382 e. The molecule has 0 spiro atoms. The number of carbonyl (C=O) groups excluding carboxylic acids is 1. The first-order valence-electron chi connectivity index (χ1n) is 6.01. The number of nitrogens with two attached hydrogens (primary N) is 1. The van der Waals surface area contributed by atoms with Crippen LogP contribution in [0, 0.1) is 0 Å². The van der Waals surface area contributed by atoms with E-state index in [4.69, 9.17) is 5.73 Å². The highest BCUT2D eigenvalue weighted by atomic mass is 19.4. The van der Waals surface area contributed by atoms with Gasteiger partial charge in [0.25, 0.3) is 5.91 Å². The van der Waals surface area contributed by atoms with E-state index in [1.165, 1.54) is 22.2 Å². The summed E-state index contributed by atoms with van der Waals surface area (Å²) in [5.41, 5.74) is 5.51. The van der Waals surface area contributed by atoms with Gasteiger partial charge in [0.05, 0.1) is 18.9 Å². The summed E-state index contributed by atoms with van der Waals surface area (Å²) in [5.74, 6) is -0.138. The number of nitrogen functional groups attached to an aromatic ring is 1. The fourth-order valence-electron chi connectivity index (χ4n) is 1.97. The predicted molar refractivity (Wildman–Crippen MR) is 64.8 cm³/mol. The van der Waals surface area contributed by atoms with E-state index in [-0.39, 0.29) is 43.6 Å². The molecule has 1 saturated heterocycles. The Bertz CT molecular complexity index is 468. The summed E-state index contributed by atoms with van der Waals surface area (Å²) in [5, 5.41) is 0. The number of carbonyl (C=O) groups is 1. The van der Waals surface area contributed by atoms with Gasteiger partial charge in [0.1, 0.15) is 11.5 Å². The van der Waals surface area contributed by atoms with E-state index in [1.807, 2.05) is 0 Å². The Kier molecular flexibility index (Phi) is 4.07. The van der Waals surface area contributed by atoms with Gasteiger partial charge in [-0.05, 0) is 0 Å². The lowest BCUT2D eigenvalue weighted by molar-refractivity contribution is -0.148. The van der Waals surface area contributed by atoms with Crippen LogP contribution < -0.4 is 5.73 Å². The van der Waals surface area contributed by atoms with E-state index in [1.54, 1.807) is 0 Å². The van der Waals surface area contributed by atoms with Crippen molar-refractivity contribution >= 4 is 11.7 Å². The van der Waals surface area contributed by atoms with Crippen LogP contribution in [0.4, 0.5) is 19.0 Å². The summed E-state index contributed by atoms with van der Waals surface area (Å²) in [6.07, 6.45) is -1.68. The van der Waals surface area contributed by atoms with Gasteiger partial charge in [0.2, 0.25) is 0 Å². The second-order valence-corrected chi connectivity index (χ2v) is 4.51. The van der Waals surface area contributed by atoms with Gasteiger partial charge in [-0.25, -0.2) is 9.97 Å². The molecule has 0 radical (unpaired) electrons. The van der Waals surface area contributed by atoms with Crippen molar-refractivity contribution in [2.75, 3.05) is 38.5 Å². The molecule has 2 N–H and O–H groups in total. The fourth-order valence-corrected chi connectivity index (χ4v) is 1.97. The van der Waals surface area contributed by atoms with Crippen LogP contribution in [0.25, 0.3) is 0 Å². The molecule has 2 rings (SSSR count).